The molecule has 2 fully saturated rings. The van der Waals surface area contributed by atoms with E-state index in [1.807, 2.05) is 0 Å². The van der Waals surface area contributed by atoms with Crippen LogP contribution in [0, 0.1) is 11.7 Å². The van der Waals surface area contributed by atoms with Gasteiger partial charge in [-0.3, -0.25) is 4.90 Å². The fourth-order valence-electron chi connectivity index (χ4n) is 5.51. The third-order valence-electron chi connectivity index (χ3n) is 7.81. The lowest BCUT2D eigenvalue weighted by Crippen LogP contribution is -2.37. The Hall–Kier alpha value is -2.84. The summed E-state index contributed by atoms with van der Waals surface area (Å²) in [7, 11) is 1.44. The van der Waals surface area contributed by atoms with Crippen LogP contribution < -0.4 is 20.7 Å². The van der Waals surface area contributed by atoms with Gasteiger partial charge < -0.3 is 40.0 Å². The molecule has 4 rings (SSSR count). The number of methoxy groups -OCH3 is 1. The fourth-order valence-corrected chi connectivity index (χ4v) is 5.51. The molecular formula is C30H48FN7O5. The zero-order chi connectivity index (χ0) is 30.1. The van der Waals surface area contributed by atoms with Crippen LogP contribution in [0.2, 0.25) is 0 Å². The van der Waals surface area contributed by atoms with Crippen molar-refractivity contribution in [3.63, 3.8) is 0 Å². The Morgan fingerprint density at radius 3 is 2.21 bits per heavy atom. The van der Waals surface area contributed by atoms with Crippen molar-refractivity contribution in [2.45, 2.75) is 51.0 Å². The third-order valence-corrected chi connectivity index (χ3v) is 7.81. The molecule has 0 radical (unpaired) electrons. The average molecular weight is 606 g/mol. The van der Waals surface area contributed by atoms with Crippen LogP contribution >= 0.6 is 0 Å². The fraction of sp³-hybridized carbons (Fsp3) is 0.700. The van der Waals surface area contributed by atoms with Crippen molar-refractivity contribution in [3.8, 4) is 5.75 Å². The van der Waals surface area contributed by atoms with Gasteiger partial charge >= 0.3 is 0 Å². The molecule has 2 aromatic rings. The van der Waals surface area contributed by atoms with Crippen LogP contribution in [0.4, 0.5) is 27.9 Å². The van der Waals surface area contributed by atoms with E-state index in [-0.39, 0.29) is 12.4 Å². The summed E-state index contributed by atoms with van der Waals surface area (Å²) in [5.41, 5.74) is 0.524. The van der Waals surface area contributed by atoms with Gasteiger partial charge in [0.2, 0.25) is 17.8 Å². The molecule has 1 aromatic heterocycles. The minimum atomic E-state index is -0.461. The van der Waals surface area contributed by atoms with Gasteiger partial charge in [-0.05, 0) is 50.3 Å². The molecule has 1 aliphatic carbocycles. The molecule has 2 heterocycles. The predicted molar refractivity (Wildman–Crippen MR) is 164 cm³/mol. The molecule has 1 atom stereocenters. The smallest absolute Gasteiger partial charge is 0.233 e. The summed E-state index contributed by atoms with van der Waals surface area (Å²) in [6.45, 7) is 6.38. The van der Waals surface area contributed by atoms with E-state index < -0.39 is 5.82 Å². The van der Waals surface area contributed by atoms with Gasteiger partial charge in [-0.15, -0.1) is 0 Å². The molecule has 43 heavy (non-hydrogen) atoms. The summed E-state index contributed by atoms with van der Waals surface area (Å²) >= 11 is 0. The van der Waals surface area contributed by atoms with Crippen molar-refractivity contribution in [3.05, 3.63) is 24.0 Å². The third kappa shape index (κ3) is 11.6. The first-order valence-electron chi connectivity index (χ1n) is 15.6. The van der Waals surface area contributed by atoms with Gasteiger partial charge in [-0.25, -0.2) is 4.39 Å². The van der Waals surface area contributed by atoms with Crippen LogP contribution in [0.3, 0.4) is 0 Å². The number of halogens is 1. The van der Waals surface area contributed by atoms with Gasteiger partial charge in [0.1, 0.15) is 0 Å². The lowest BCUT2D eigenvalue weighted by molar-refractivity contribution is 0.00432. The van der Waals surface area contributed by atoms with E-state index in [1.54, 1.807) is 12.1 Å². The van der Waals surface area contributed by atoms with Crippen molar-refractivity contribution in [1.29, 1.82) is 0 Å². The second-order valence-corrected chi connectivity index (χ2v) is 10.9. The molecule has 1 saturated heterocycles. The molecule has 0 spiro atoms. The molecule has 0 bridgehead atoms. The number of aliphatic hydroxyl groups is 1. The highest BCUT2D eigenvalue weighted by molar-refractivity contribution is 5.57. The molecule has 13 heteroatoms. The van der Waals surface area contributed by atoms with Crippen molar-refractivity contribution in [1.82, 2.24) is 19.9 Å². The maximum Gasteiger partial charge on any atom is 0.233 e. The van der Waals surface area contributed by atoms with E-state index in [9.17, 15) is 4.39 Å². The first kappa shape index (κ1) is 33.1. The molecular weight excluding hydrogens is 557 g/mol. The van der Waals surface area contributed by atoms with Crippen molar-refractivity contribution >= 4 is 23.5 Å². The monoisotopic (exact) mass is 605 g/mol. The topological polar surface area (TPSA) is 135 Å². The van der Waals surface area contributed by atoms with E-state index in [2.05, 4.69) is 35.8 Å². The number of anilines is 4. The SMILES string of the molecule is COc1ccc(Nc2nc(NCC3CCCCC3)nc(NCC3CCCN3CCOCCOCCOCCO)n2)cc1F. The summed E-state index contributed by atoms with van der Waals surface area (Å²) in [5.74, 6) is 1.64. The molecule has 4 N–H and O–H groups in total. The highest BCUT2D eigenvalue weighted by atomic mass is 19.1. The summed E-state index contributed by atoms with van der Waals surface area (Å²) in [6, 6.07) is 5.00. The largest absolute Gasteiger partial charge is 0.494 e. The molecule has 1 aliphatic heterocycles. The zero-order valence-electron chi connectivity index (χ0n) is 25.4. The molecule has 1 saturated carbocycles. The Balaban J connectivity index is 1.28. The van der Waals surface area contributed by atoms with Crippen LogP contribution in [0.5, 0.6) is 5.75 Å². The number of rotatable bonds is 20. The van der Waals surface area contributed by atoms with Gasteiger partial charge in [0.05, 0.1) is 53.4 Å². The standard InChI is InChI=1S/C30H48FN7O5/c1-40-27-10-9-24(20-26(27)31)34-30-36-28(32-21-23-6-3-2-4-7-23)35-29(37-30)33-22-25-8-5-11-38(25)12-14-41-16-18-43-19-17-42-15-13-39/h9-10,20,23,25,39H,2-8,11-19,21-22H2,1H3,(H3,32,33,34,35,36,37). The highest BCUT2D eigenvalue weighted by Crippen LogP contribution is 2.25. The lowest BCUT2D eigenvalue weighted by atomic mass is 9.89. The number of nitrogens with one attached hydrogen (secondary N) is 3. The second-order valence-electron chi connectivity index (χ2n) is 10.9. The van der Waals surface area contributed by atoms with E-state index in [4.69, 9.17) is 24.1 Å². The van der Waals surface area contributed by atoms with E-state index >= 15 is 0 Å². The zero-order valence-corrected chi connectivity index (χ0v) is 25.4. The van der Waals surface area contributed by atoms with Gasteiger partial charge in [-0.2, -0.15) is 15.0 Å². The Morgan fingerprint density at radius 1 is 0.837 bits per heavy atom. The molecule has 240 valence electrons. The maximum absolute atomic E-state index is 14.3. The lowest BCUT2D eigenvalue weighted by Gasteiger charge is -2.25. The molecule has 2 aliphatic rings. The van der Waals surface area contributed by atoms with E-state index in [0.717, 1.165) is 32.5 Å². The Kier molecular flexibility index (Phi) is 14.4. The highest BCUT2D eigenvalue weighted by Gasteiger charge is 2.24. The van der Waals surface area contributed by atoms with Crippen molar-refractivity contribution in [2.24, 2.45) is 5.92 Å². The molecule has 1 aromatic carbocycles. The van der Waals surface area contributed by atoms with Crippen LogP contribution in [-0.4, -0.2) is 111 Å². The van der Waals surface area contributed by atoms with Crippen LogP contribution in [-0.2, 0) is 14.2 Å². The normalized spacial score (nSPS) is 17.7. The molecule has 0 amide bonds. The Bertz CT molecular complexity index is 1080. The Morgan fingerprint density at radius 2 is 1.51 bits per heavy atom. The predicted octanol–water partition coefficient (Wildman–Crippen LogP) is 3.67. The number of nitrogens with zero attached hydrogens (tertiary/aromatic N) is 4. The van der Waals surface area contributed by atoms with Crippen LogP contribution in [0.15, 0.2) is 18.2 Å². The first-order chi connectivity index (χ1) is 21.1. The quantitative estimate of drug-likeness (QED) is 0.164. The number of hydrogen-bond donors (Lipinski definition) is 4. The minimum absolute atomic E-state index is 0.0233. The number of aliphatic hydroxyl groups excluding tert-OH is 1. The average Bonchev–Trinajstić information content (AvgIpc) is 3.48. The molecule has 1 unspecified atom stereocenters. The molecule has 12 nitrogen and oxygen atoms in total. The summed E-state index contributed by atoms with van der Waals surface area (Å²) in [5, 5.41) is 18.7. The van der Waals surface area contributed by atoms with E-state index in [0.29, 0.717) is 81.7 Å². The van der Waals surface area contributed by atoms with Crippen LogP contribution in [0.25, 0.3) is 0 Å². The summed E-state index contributed by atoms with van der Waals surface area (Å²) in [6.07, 6.45) is 8.49. The summed E-state index contributed by atoms with van der Waals surface area (Å²) in [4.78, 5) is 16.3. The van der Waals surface area contributed by atoms with Crippen molar-refractivity contribution < 1.29 is 28.4 Å². The number of likely N-dealkylation sites (tertiary alicyclic amines) is 1. The van der Waals surface area contributed by atoms with Gasteiger partial charge in [0.25, 0.3) is 0 Å². The van der Waals surface area contributed by atoms with E-state index in [1.165, 1.54) is 45.3 Å². The van der Waals surface area contributed by atoms with Gasteiger partial charge in [-0.1, -0.05) is 19.3 Å². The van der Waals surface area contributed by atoms with Crippen LogP contribution in [0.1, 0.15) is 44.9 Å². The minimum Gasteiger partial charge on any atom is -0.494 e. The summed E-state index contributed by atoms with van der Waals surface area (Å²) < 4.78 is 35.8. The Labute approximate surface area is 254 Å². The van der Waals surface area contributed by atoms with Gasteiger partial charge in [0, 0.05) is 37.4 Å². The number of ether oxygens (including phenoxy) is 4. The number of benzene rings is 1. The maximum atomic E-state index is 14.3. The van der Waals surface area contributed by atoms with Gasteiger partial charge in [0.15, 0.2) is 11.6 Å². The van der Waals surface area contributed by atoms with Crippen molar-refractivity contribution in [2.75, 3.05) is 95.5 Å². The second kappa shape index (κ2) is 18.7. The first-order valence-corrected chi connectivity index (χ1v) is 15.6. The number of hydrogen-bond acceptors (Lipinski definition) is 12. The number of aromatic nitrogens is 3.